The molecule has 1 aliphatic carbocycles. The van der Waals surface area contributed by atoms with Gasteiger partial charge in [-0.3, -0.25) is 0 Å². The fourth-order valence-corrected chi connectivity index (χ4v) is 5.49. The quantitative estimate of drug-likeness (QED) is 0.649. The van der Waals surface area contributed by atoms with Gasteiger partial charge in [0.05, 0.1) is 6.04 Å². The van der Waals surface area contributed by atoms with E-state index in [0.29, 0.717) is 0 Å². The number of hydrogen-bond acceptors (Lipinski definition) is 3. The largest absolute Gasteiger partial charge is 0.598 e. The van der Waals surface area contributed by atoms with Crippen molar-refractivity contribution < 1.29 is 4.55 Å². The summed E-state index contributed by atoms with van der Waals surface area (Å²) < 4.78 is 16.3. The molecule has 0 aliphatic heterocycles. The minimum absolute atomic E-state index is 0.0555. The van der Waals surface area contributed by atoms with Gasteiger partial charge in [0, 0.05) is 26.0 Å². The molecule has 1 N–H and O–H groups in total. The number of thioether (sulfide) groups is 1. The molecule has 0 radical (unpaired) electrons. The molecular formula is C17H26BrNOS2. The Morgan fingerprint density at radius 3 is 2.50 bits per heavy atom. The zero-order valence-corrected chi connectivity index (χ0v) is 17.0. The molecule has 1 aliphatic rings. The standard InChI is InChI=1S/C17H26BrNOS2/c1-12(19-22(20)17(2,3)4)15-10-9-14(11-16(15)18)21-13-7-5-6-8-13/h9-13,19H,5-8H2,1-4H3/t12-,22+/m0/s1. The highest BCUT2D eigenvalue weighted by atomic mass is 79.9. The fourth-order valence-electron chi connectivity index (χ4n) is 2.53. The highest BCUT2D eigenvalue weighted by Crippen LogP contribution is 2.37. The molecule has 1 aromatic rings. The molecule has 0 bridgehead atoms. The van der Waals surface area contributed by atoms with E-state index in [-0.39, 0.29) is 10.8 Å². The normalized spacial score (nSPS) is 19.4. The Labute approximate surface area is 150 Å². The van der Waals surface area contributed by atoms with Crippen LogP contribution in [-0.4, -0.2) is 14.5 Å². The fraction of sp³-hybridized carbons (Fsp3) is 0.647. The first-order valence-corrected chi connectivity index (χ1v) is 10.7. The number of rotatable bonds is 5. The molecule has 0 heterocycles. The lowest BCUT2D eigenvalue weighted by Crippen LogP contribution is -2.40. The Kier molecular flexibility index (Phi) is 6.72. The SMILES string of the molecule is C[C@H](N[S@+]([O-])C(C)(C)C)c1ccc(SC2CCCC2)cc1Br. The second-order valence-electron chi connectivity index (χ2n) is 6.93. The van der Waals surface area contributed by atoms with Gasteiger partial charge in [0.1, 0.15) is 4.75 Å². The van der Waals surface area contributed by atoms with Gasteiger partial charge in [0.15, 0.2) is 0 Å². The van der Waals surface area contributed by atoms with Gasteiger partial charge in [0.2, 0.25) is 0 Å². The first kappa shape index (κ1) is 18.7. The molecule has 5 heteroatoms. The molecule has 0 amide bonds. The summed E-state index contributed by atoms with van der Waals surface area (Å²) in [6.07, 6.45) is 5.42. The Balaban J connectivity index is 2.02. The summed E-state index contributed by atoms with van der Waals surface area (Å²) >= 11 is 4.62. The van der Waals surface area contributed by atoms with Crippen molar-refractivity contribution in [3.05, 3.63) is 28.2 Å². The maximum atomic E-state index is 12.2. The summed E-state index contributed by atoms with van der Waals surface area (Å²) in [6, 6.07) is 6.61. The summed E-state index contributed by atoms with van der Waals surface area (Å²) in [5.74, 6) is 0. The van der Waals surface area contributed by atoms with E-state index >= 15 is 0 Å². The first-order chi connectivity index (χ1) is 10.3. The third kappa shape index (κ3) is 5.17. The van der Waals surface area contributed by atoms with Crippen molar-refractivity contribution >= 4 is 39.1 Å². The third-order valence-corrected chi connectivity index (χ3v) is 7.58. The lowest BCUT2D eigenvalue weighted by Gasteiger charge is -2.27. The van der Waals surface area contributed by atoms with Gasteiger partial charge >= 0.3 is 0 Å². The van der Waals surface area contributed by atoms with E-state index in [1.165, 1.54) is 30.6 Å². The van der Waals surface area contributed by atoms with Crippen LogP contribution in [0, 0.1) is 0 Å². The topological polar surface area (TPSA) is 35.1 Å². The molecule has 0 saturated heterocycles. The van der Waals surface area contributed by atoms with Crippen molar-refractivity contribution in [3.63, 3.8) is 0 Å². The van der Waals surface area contributed by atoms with Gasteiger partial charge in [-0.05, 0) is 58.2 Å². The minimum atomic E-state index is -1.06. The van der Waals surface area contributed by atoms with Crippen LogP contribution < -0.4 is 4.72 Å². The van der Waals surface area contributed by atoms with E-state index in [1.807, 2.05) is 32.5 Å². The molecule has 2 nitrogen and oxygen atoms in total. The average molecular weight is 404 g/mol. The van der Waals surface area contributed by atoms with Crippen LogP contribution in [-0.2, 0) is 11.4 Å². The van der Waals surface area contributed by atoms with Crippen LogP contribution in [0.5, 0.6) is 0 Å². The lowest BCUT2D eigenvalue weighted by atomic mass is 10.1. The second kappa shape index (κ2) is 7.93. The van der Waals surface area contributed by atoms with Crippen molar-refractivity contribution in [3.8, 4) is 0 Å². The van der Waals surface area contributed by atoms with Crippen LogP contribution in [0.4, 0.5) is 0 Å². The summed E-state index contributed by atoms with van der Waals surface area (Å²) in [4.78, 5) is 1.33. The van der Waals surface area contributed by atoms with Crippen LogP contribution in [0.3, 0.4) is 0 Å². The van der Waals surface area contributed by atoms with Crippen LogP contribution in [0.25, 0.3) is 0 Å². The van der Waals surface area contributed by atoms with Crippen LogP contribution in [0.1, 0.15) is 65.0 Å². The van der Waals surface area contributed by atoms with E-state index in [1.54, 1.807) is 0 Å². The second-order valence-corrected chi connectivity index (χ2v) is 11.2. The molecule has 2 rings (SSSR count). The van der Waals surface area contributed by atoms with E-state index in [9.17, 15) is 4.55 Å². The van der Waals surface area contributed by atoms with Gasteiger partial charge in [-0.2, -0.15) is 0 Å². The average Bonchev–Trinajstić information content (AvgIpc) is 2.90. The highest BCUT2D eigenvalue weighted by molar-refractivity contribution is 9.10. The van der Waals surface area contributed by atoms with Crippen LogP contribution in [0.2, 0.25) is 0 Å². The molecule has 0 unspecified atom stereocenters. The molecule has 22 heavy (non-hydrogen) atoms. The molecule has 1 aromatic carbocycles. The lowest BCUT2D eigenvalue weighted by molar-refractivity contribution is 0.531. The van der Waals surface area contributed by atoms with Crippen molar-refractivity contribution in [2.45, 2.75) is 74.3 Å². The Morgan fingerprint density at radius 1 is 1.32 bits per heavy atom. The number of hydrogen-bond donors (Lipinski definition) is 1. The Bertz CT molecular complexity index is 498. The first-order valence-electron chi connectivity index (χ1n) is 7.91. The van der Waals surface area contributed by atoms with Crippen LogP contribution in [0.15, 0.2) is 27.6 Å². The molecular weight excluding hydrogens is 378 g/mol. The Morgan fingerprint density at radius 2 is 1.95 bits per heavy atom. The smallest absolute Gasteiger partial charge is 0.136 e. The summed E-state index contributed by atoms with van der Waals surface area (Å²) in [5.41, 5.74) is 1.16. The van der Waals surface area contributed by atoms with Gasteiger partial charge < -0.3 is 4.55 Å². The molecule has 1 saturated carbocycles. The highest BCUT2D eigenvalue weighted by Gasteiger charge is 2.28. The molecule has 2 atom stereocenters. The van der Waals surface area contributed by atoms with E-state index in [0.717, 1.165) is 15.3 Å². The van der Waals surface area contributed by atoms with Gasteiger partial charge in [-0.25, -0.2) is 0 Å². The van der Waals surface area contributed by atoms with E-state index < -0.39 is 11.4 Å². The predicted molar refractivity (Wildman–Crippen MR) is 102 cm³/mol. The number of halogens is 1. The summed E-state index contributed by atoms with van der Waals surface area (Å²) in [7, 11) is 0. The predicted octanol–water partition coefficient (Wildman–Crippen LogP) is 5.60. The summed E-state index contributed by atoms with van der Waals surface area (Å²) in [5, 5.41) is 0.779. The van der Waals surface area contributed by atoms with Gasteiger partial charge in [0.25, 0.3) is 0 Å². The third-order valence-electron chi connectivity index (χ3n) is 3.88. The minimum Gasteiger partial charge on any atom is -0.598 e. The van der Waals surface area contributed by atoms with E-state index in [2.05, 4.69) is 45.8 Å². The number of benzene rings is 1. The van der Waals surface area contributed by atoms with Crippen molar-refractivity contribution in [2.24, 2.45) is 0 Å². The van der Waals surface area contributed by atoms with Gasteiger partial charge in [-0.15, -0.1) is 16.5 Å². The Hall–Kier alpha value is 0.320. The molecule has 124 valence electrons. The molecule has 1 fully saturated rings. The van der Waals surface area contributed by atoms with Crippen molar-refractivity contribution in [2.75, 3.05) is 0 Å². The van der Waals surface area contributed by atoms with Crippen molar-refractivity contribution in [1.82, 2.24) is 4.72 Å². The monoisotopic (exact) mass is 403 g/mol. The maximum Gasteiger partial charge on any atom is 0.136 e. The van der Waals surface area contributed by atoms with Crippen LogP contribution >= 0.6 is 27.7 Å². The maximum absolute atomic E-state index is 12.2. The van der Waals surface area contributed by atoms with Crippen molar-refractivity contribution in [1.29, 1.82) is 0 Å². The number of nitrogens with one attached hydrogen (secondary N) is 1. The molecule has 0 aromatic heterocycles. The zero-order chi connectivity index (χ0) is 16.3. The zero-order valence-electron chi connectivity index (χ0n) is 13.8. The van der Waals surface area contributed by atoms with E-state index in [4.69, 9.17) is 0 Å². The van der Waals surface area contributed by atoms with Gasteiger partial charge in [-0.1, -0.05) is 34.8 Å². The molecule has 0 spiro atoms. The summed E-state index contributed by atoms with van der Waals surface area (Å²) in [6.45, 7) is 8.02.